The fourth-order valence-corrected chi connectivity index (χ4v) is 2.86. The number of nitrogens with two attached hydrogens (primary N) is 1. The second kappa shape index (κ2) is 11.6. The first kappa shape index (κ1) is 22.1. The molecular formula is C20H24N4O4S. The van der Waals surface area contributed by atoms with Crippen LogP contribution in [0.4, 0.5) is 4.79 Å². The molecule has 0 aliphatic carbocycles. The molecule has 154 valence electrons. The number of thioether (sulfide) groups is 1. The predicted octanol–water partition coefficient (Wildman–Crippen LogP) is 1.82. The quantitative estimate of drug-likeness (QED) is 0.465. The number of primary amides is 1. The van der Waals surface area contributed by atoms with Crippen LogP contribution in [0.3, 0.4) is 0 Å². The number of amides is 4. The molecule has 0 fully saturated rings. The van der Waals surface area contributed by atoms with E-state index < -0.39 is 23.9 Å². The number of nitrogens with one attached hydrogen (secondary N) is 3. The summed E-state index contributed by atoms with van der Waals surface area (Å²) in [5, 5.41) is 2.36. The number of para-hydroxylation sites is 1. The number of ether oxygens (including phenoxy) is 1. The third kappa shape index (κ3) is 7.74. The van der Waals surface area contributed by atoms with Gasteiger partial charge in [0, 0.05) is 5.56 Å². The fraction of sp³-hybridized carbons (Fsp3) is 0.250. The molecule has 1 unspecified atom stereocenters. The van der Waals surface area contributed by atoms with Crippen molar-refractivity contribution in [3.05, 3.63) is 65.7 Å². The van der Waals surface area contributed by atoms with E-state index in [9.17, 15) is 14.4 Å². The maximum atomic E-state index is 12.2. The number of hydrogen-bond donors (Lipinski definition) is 4. The van der Waals surface area contributed by atoms with Crippen molar-refractivity contribution in [3.8, 4) is 5.75 Å². The summed E-state index contributed by atoms with van der Waals surface area (Å²) < 4.78 is 5.66. The van der Waals surface area contributed by atoms with E-state index in [2.05, 4.69) is 16.2 Å². The molecule has 1 atom stereocenters. The van der Waals surface area contributed by atoms with Crippen molar-refractivity contribution < 1.29 is 19.1 Å². The second-order valence-electron chi connectivity index (χ2n) is 6.08. The van der Waals surface area contributed by atoms with Crippen molar-refractivity contribution in [3.63, 3.8) is 0 Å². The first-order valence-corrected chi connectivity index (χ1v) is 10.3. The number of hydrogen-bond acceptors (Lipinski definition) is 5. The Morgan fingerprint density at radius 3 is 2.34 bits per heavy atom. The SMILES string of the molecule is CSCCC(NC(N)=O)C(=O)NNC(=O)c1ccc(COc2ccccc2)cc1. The molecule has 4 amide bonds. The minimum absolute atomic E-state index is 0.372. The van der Waals surface area contributed by atoms with Crippen LogP contribution in [0.25, 0.3) is 0 Å². The van der Waals surface area contributed by atoms with Crippen LogP contribution in [-0.4, -0.2) is 35.9 Å². The van der Waals surface area contributed by atoms with Gasteiger partial charge in [0.25, 0.3) is 11.8 Å². The van der Waals surface area contributed by atoms with Crippen molar-refractivity contribution in [1.29, 1.82) is 0 Å². The Bertz CT molecular complexity index is 815. The van der Waals surface area contributed by atoms with Gasteiger partial charge in [0.1, 0.15) is 18.4 Å². The maximum Gasteiger partial charge on any atom is 0.312 e. The van der Waals surface area contributed by atoms with Crippen LogP contribution in [0.1, 0.15) is 22.3 Å². The average molecular weight is 417 g/mol. The Kier molecular flexibility index (Phi) is 8.84. The third-order valence-corrected chi connectivity index (χ3v) is 4.55. The second-order valence-corrected chi connectivity index (χ2v) is 7.07. The van der Waals surface area contributed by atoms with Crippen molar-refractivity contribution in [2.75, 3.05) is 12.0 Å². The molecule has 0 heterocycles. The van der Waals surface area contributed by atoms with Crippen molar-refractivity contribution in [2.24, 2.45) is 5.73 Å². The van der Waals surface area contributed by atoms with Gasteiger partial charge in [-0.15, -0.1) is 0 Å². The molecule has 0 aliphatic rings. The van der Waals surface area contributed by atoms with Gasteiger partial charge in [-0.1, -0.05) is 30.3 Å². The summed E-state index contributed by atoms with van der Waals surface area (Å²) in [4.78, 5) is 35.4. The molecule has 0 saturated carbocycles. The first-order chi connectivity index (χ1) is 14.0. The van der Waals surface area contributed by atoms with Crippen LogP contribution in [0.15, 0.2) is 54.6 Å². The topological polar surface area (TPSA) is 123 Å². The number of rotatable bonds is 9. The Balaban J connectivity index is 1.84. The average Bonchev–Trinajstić information content (AvgIpc) is 2.74. The van der Waals surface area contributed by atoms with E-state index in [0.29, 0.717) is 24.3 Å². The molecule has 9 heteroatoms. The molecule has 0 saturated heterocycles. The lowest BCUT2D eigenvalue weighted by Gasteiger charge is -2.17. The Morgan fingerprint density at radius 2 is 1.72 bits per heavy atom. The predicted molar refractivity (Wildman–Crippen MR) is 112 cm³/mol. The van der Waals surface area contributed by atoms with Gasteiger partial charge in [0.05, 0.1) is 0 Å². The Morgan fingerprint density at radius 1 is 1.03 bits per heavy atom. The number of carbonyl (C=O) groups is 3. The van der Waals surface area contributed by atoms with E-state index in [4.69, 9.17) is 10.5 Å². The molecule has 0 radical (unpaired) electrons. The largest absolute Gasteiger partial charge is 0.489 e. The number of carbonyl (C=O) groups excluding carboxylic acids is 3. The highest BCUT2D eigenvalue weighted by Crippen LogP contribution is 2.12. The van der Waals surface area contributed by atoms with Gasteiger partial charge >= 0.3 is 6.03 Å². The molecule has 2 rings (SSSR count). The van der Waals surface area contributed by atoms with Gasteiger partial charge in [0.2, 0.25) is 0 Å². The summed E-state index contributed by atoms with van der Waals surface area (Å²) in [7, 11) is 0. The highest BCUT2D eigenvalue weighted by atomic mass is 32.2. The molecule has 8 nitrogen and oxygen atoms in total. The van der Waals surface area contributed by atoms with Crippen LogP contribution in [-0.2, 0) is 11.4 Å². The van der Waals surface area contributed by atoms with E-state index in [1.54, 1.807) is 24.3 Å². The van der Waals surface area contributed by atoms with Crippen LogP contribution >= 0.6 is 11.8 Å². The van der Waals surface area contributed by atoms with Crippen molar-refractivity contribution in [2.45, 2.75) is 19.1 Å². The minimum atomic E-state index is -0.822. The summed E-state index contributed by atoms with van der Waals surface area (Å²) >= 11 is 1.53. The summed E-state index contributed by atoms with van der Waals surface area (Å²) in [5.74, 6) is 0.395. The van der Waals surface area contributed by atoms with Crippen LogP contribution in [0, 0.1) is 0 Å². The van der Waals surface area contributed by atoms with Crippen LogP contribution < -0.4 is 26.6 Å². The Hall–Kier alpha value is -3.20. The van der Waals surface area contributed by atoms with Crippen molar-refractivity contribution in [1.82, 2.24) is 16.2 Å². The van der Waals surface area contributed by atoms with E-state index in [1.807, 2.05) is 36.6 Å². The summed E-state index contributed by atoms with van der Waals surface area (Å²) in [5.41, 5.74) is 11.0. The molecule has 0 spiro atoms. The molecule has 29 heavy (non-hydrogen) atoms. The number of benzene rings is 2. The monoisotopic (exact) mass is 416 g/mol. The Labute approximate surface area is 173 Å². The summed E-state index contributed by atoms with van der Waals surface area (Å²) in [6, 6.07) is 14.6. The summed E-state index contributed by atoms with van der Waals surface area (Å²) in [6.07, 6.45) is 2.28. The van der Waals surface area contributed by atoms with Crippen molar-refractivity contribution >= 4 is 29.6 Å². The molecule has 0 bridgehead atoms. The normalized spacial score (nSPS) is 11.2. The molecule has 2 aromatic rings. The highest BCUT2D eigenvalue weighted by molar-refractivity contribution is 7.98. The molecule has 2 aromatic carbocycles. The molecular weight excluding hydrogens is 392 g/mol. The van der Waals surface area contributed by atoms with E-state index in [-0.39, 0.29) is 0 Å². The zero-order valence-electron chi connectivity index (χ0n) is 16.0. The number of urea groups is 1. The fourth-order valence-electron chi connectivity index (χ4n) is 2.39. The van der Waals surface area contributed by atoms with Gasteiger partial charge in [-0.05, 0) is 48.3 Å². The number of hydrazine groups is 1. The third-order valence-electron chi connectivity index (χ3n) is 3.91. The minimum Gasteiger partial charge on any atom is -0.489 e. The molecule has 0 aromatic heterocycles. The first-order valence-electron chi connectivity index (χ1n) is 8.91. The lowest BCUT2D eigenvalue weighted by Crippen LogP contribution is -2.53. The van der Waals surface area contributed by atoms with Gasteiger partial charge in [-0.2, -0.15) is 11.8 Å². The lowest BCUT2D eigenvalue weighted by atomic mass is 10.1. The lowest BCUT2D eigenvalue weighted by molar-refractivity contribution is -0.123. The van der Waals surface area contributed by atoms with Gasteiger partial charge in [-0.25, -0.2) is 4.79 Å². The van der Waals surface area contributed by atoms with E-state index in [1.165, 1.54) is 11.8 Å². The zero-order valence-corrected chi connectivity index (χ0v) is 16.8. The maximum absolute atomic E-state index is 12.2. The highest BCUT2D eigenvalue weighted by Gasteiger charge is 2.20. The van der Waals surface area contributed by atoms with Gasteiger partial charge in [-0.3, -0.25) is 20.4 Å². The van der Waals surface area contributed by atoms with Crippen LogP contribution in [0.2, 0.25) is 0 Å². The smallest absolute Gasteiger partial charge is 0.312 e. The molecule has 0 aliphatic heterocycles. The molecule has 5 N–H and O–H groups in total. The van der Waals surface area contributed by atoms with E-state index >= 15 is 0 Å². The van der Waals surface area contributed by atoms with E-state index in [0.717, 1.165) is 11.3 Å². The summed E-state index contributed by atoms with van der Waals surface area (Å²) in [6.45, 7) is 0.374. The van der Waals surface area contributed by atoms with Gasteiger partial charge < -0.3 is 15.8 Å². The van der Waals surface area contributed by atoms with Crippen LogP contribution in [0.5, 0.6) is 5.75 Å². The zero-order chi connectivity index (χ0) is 21.1. The standard InChI is InChI=1S/C20H24N4O4S/c1-29-12-11-17(22-20(21)27)19(26)24-23-18(25)15-9-7-14(8-10-15)13-28-16-5-3-2-4-6-16/h2-10,17H,11-13H2,1H3,(H,23,25)(H,24,26)(H3,21,22,27). The van der Waals surface area contributed by atoms with Gasteiger partial charge in [0.15, 0.2) is 0 Å².